The van der Waals surface area contributed by atoms with Crippen LogP contribution in [0.3, 0.4) is 0 Å². The minimum atomic E-state index is 0.328. The molecule has 1 heterocycles. The number of phenolic OH excluding ortho intramolecular Hbond substituents is 1. The Balaban J connectivity index is 1.71. The van der Waals surface area contributed by atoms with Crippen LogP contribution in [0.1, 0.15) is 5.56 Å². The number of rotatable bonds is 4. The molecule has 0 atom stereocenters. The molecule has 1 aromatic rings. The Morgan fingerprint density at radius 2 is 2.00 bits per heavy atom. The van der Waals surface area contributed by atoms with Gasteiger partial charge in [0.25, 0.3) is 0 Å². The van der Waals surface area contributed by atoms with Gasteiger partial charge >= 0.3 is 0 Å². The first kappa shape index (κ1) is 9.49. The van der Waals surface area contributed by atoms with Crippen LogP contribution in [0.25, 0.3) is 0 Å². The zero-order chi connectivity index (χ0) is 9.80. The highest BCUT2D eigenvalue weighted by atomic mass is 16.5. The normalized spacial score (nSPS) is 16.6. The zero-order valence-corrected chi connectivity index (χ0v) is 8.07. The van der Waals surface area contributed by atoms with Crippen LogP contribution in [0, 0.1) is 0 Å². The summed E-state index contributed by atoms with van der Waals surface area (Å²) in [7, 11) is 0. The predicted molar refractivity (Wildman–Crippen MR) is 54.4 cm³/mol. The van der Waals surface area contributed by atoms with Gasteiger partial charge in [-0.25, -0.2) is 0 Å². The van der Waals surface area contributed by atoms with Crippen molar-refractivity contribution in [2.75, 3.05) is 19.8 Å². The summed E-state index contributed by atoms with van der Waals surface area (Å²) in [5, 5.41) is 12.5. The van der Waals surface area contributed by atoms with Crippen molar-refractivity contribution in [1.82, 2.24) is 5.32 Å². The third-order valence-electron chi connectivity index (χ3n) is 2.42. The van der Waals surface area contributed by atoms with Gasteiger partial charge in [-0.15, -0.1) is 0 Å². The van der Waals surface area contributed by atoms with E-state index in [4.69, 9.17) is 9.84 Å². The third-order valence-corrected chi connectivity index (χ3v) is 2.42. The predicted octanol–water partition coefficient (Wildman–Crippen LogP) is 0.923. The molecule has 1 fully saturated rings. The van der Waals surface area contributed by atoms with Crippen molar-refractivity contribution >= 4 is 0 Å². The summed E-state index contributed by atoms with van der Waals surface area (Å²) < 4.78 is 5.06. The zero-order valence-electron chi connectivity index (χ0n) is 8.07. The lowest BCUT2D eigenvalue weighted by Crippen LogP contribution is -2.46. The number of phenols is 1. The molecule has 0 spiro atoms. The van der Waals surface area contributed by atoms with E-state index in [-0.39, 0.29) is 0 Å². The Labute approximate surface area is 83.7 Å². The lowest BCUT2D eigenvalue weighted by molar-refractivity contribution is -0.00467. The lowest BCUT2D eigenvalue weighted by Gasteiger charge is -2.26. The van der Waals surface area contributed by atoms with Crippen molar-refractivity contribution in [3.63, 3.8) is 0 Å². The van der Waals surface area contributed by atoms with E-state index in [1.165, 1.54) is 5.56 Å². The minimum Gasteiger partial charge on any atom is -0.508 e. The standard InChI is InChI=1S/C11H15NO2/c13-11-3-1-9(2-4-11)5-6-12-10-7-14-8-10/h1-4,10,12-13H,5-8H2. The van der Waals surface area contributed by atoms with Crippen molar-refractivity contribution < 1.29 is 9.84 Å². The molecule has 0 aliphatic carbocycles. The summed E-state index contributed by atoms with van der Waals surface area (Å²) in [6.07, 6.45) is 0.997. The van der Waals surface area contributed by atoms with Crippen LogP contribution >= 0.6 is 0 Å². The fourth-order valence-corrected chi connectivity index (χ4v) is 1.44. The molecule has 1 aliphatic rings. The van der Waals surface area contributed by atoms with Gasteiger partial charge in [-0.1, -0.05) is 12.1 Å². The highest BCUT2D eigenvalue weighted by molar-refractivity contribution is 5.25. The number of nitrogens with one attached hydrogen (secondary N) is 1. The van der Waals surface area contributed by atoms with Crippen molar-refractivity contribution in [2.45, 2.75) is 12.5 Å². The molecule has 76 valence electrons. The van der Waals surface area contributed by atoms with Gasteiger partial charge in [0.15, 0.2) is 0 Å². The van der Waals surface area contributed by atoms with Gasteiger partial charge in [-0.3, -0.25) is 0 Å². The Morgan fingerprint density at radius 1 is 1.29 bits per heavy atom. The Bertz CT molecular complexity index is 280. The number of aromatic hydroxyl groups is 1. The van der Waals surface area contributed by atoms with E-state index < -0.39 is 0 Å². The van der Waals surface area contributed by atoms with Crippen LogP contribution in [0.5, 0.6) is 5.75 Å². The molecule has 0 unspecified atom stereocenters. The van der Waals surface area contributed by atoms with E-state index in [0.29, 0.717) is 11.8 Å². The van der Waals surface area contributed by atoms with Gasteiger partial charge in [0.2, 0.25) is 0 Å². The van der Waals surface area contributed by atoms with Crippen LogP contribution in [0.2, 0.25) is 0 Å². The molecule has 2 N–H and O–H groups in total. The molecule has 14 heavy (non-hydrogen) atoms. The van der Waals surface area contributed by atoms with E-state index in [9.17, 15) is 0 Å². The summed E-state index contributed by atoms with van der Waals surface area (Å²) in [6.45, 7) is 2.66. The third kappa shape index (κ3) is 2.47. The van der Waals surface area contributed by atoms with E-state index in [1.807, 2.05) is 12.1 Å². The summed E-state index contributed by atoms with van der Waals surface area (Å²) in [5.74, 6) is 0.328. The quantitative estimate of drug-likeness (QED) is 0.747. The number of hydrogen-bond acceptors (Lipinski definition) is 3. The fraction of sp³-hybridized carbons (Fsp3) is 0.455. The largest absolute Gasteiger partial charge is 0.508 e. The number of benzene rings is 1. The van der Waals surface area contributed by atoms with Crippen LogP contribution in [-0.2, 0) is 11.2 Å². The second-order valence-electron chi connectivity index (χ2n) is 3.60. The molecule has 0 bridgehead atoms. The van der Waals surface area contributed by atoms with E-state index in [2.05, 4.69) is 5.32 Å². The Kier molecular flexibility index (Phi) is 3.01. The van der Waals surface area contributed by atoms with Crippen LogP contribution < -0.4 is 5.32 Å². The summed E-state index contributed by atoms with van der Waals surface area (Å²) in [5.41, 5.74) is 1.25. The molecular formula is C11H15NO2. The van der Waals surface area contributed by atoms with Gasteiger partial charge in [0.05, 0.1) is 19.3 Å². The molecular weight excluding hydrogens is 178 g/mol. The first-order valence-electron chi connectivity index (χ1n) is 4.93. The van der Waals surface area contributed by atoms with Crippen molar-refractivity contribution in [1.29, 1.82) is 0 Å². The van der Waals surface area contributed by atoms with Gasteiger partial charge in [0.1, 0.15) is 5.75 Å². The Morgan fingerprint density at radius 3 is 2.57 bits per heavy atom. The molecule has 0 saturated carbocycles. The molecule has 1 aliphatic heterocycles. The van der Waals surface area contributed by atoms with Crippen molar-refractivity contribution in [2.24, 2.45) is 0 Å². The van der Waals surface area contributed by atoms with Crippen LogP contribution in [0.4, 0.5) is 0 Å². The first-order chi connectivity index (χ1) is 6.84. The second kappa shape index (κ2) is 4.44. The molecule has 0 radical (unpaired) electrons. The van der Waals surface area contributed by atoms with Crippen LogP contribution in [-0.4, -0.2) is 30.9 Å². The minimum absolute atomic E-state index is 0.328. The Hall–Kier alpha value is -1.06. The highest BCUT2D eigenvalue weighted by Gasteiger charge is 2.16. The van der Waals surface area contributed by atoms with Gasteiger partial charge in [-0.05, 0) is 30.7 Å². The monoisotopic (exact) mass is 193 g/mol. The molecule has 3 nitrogen and oxygen atoms in total. The molecule has 3 heteroatoms. The molecule has 1 aromatic carbocycles. The summed E-state index contributed by atoms with van der Waals surface area (Å²) in [4.78, 5) is 0. The number of hydrogen-bond donors (Lipinski definition) is 2. The average molecular weight is 193 g/mol. The topological polar surface area (TPSA) is 41.5 Å². The number of ether oxygens (including phenoxy) is 1. The average Bonchev–Trinajstić information content (AvgIpc) is 2.12. The van der Waals surface area contributed by atoms with Crippen molar-refractivity contribution in [3.8, 4) is 5.75 Å². The maximum absolute atomic E-state index is 9.09. The highest BCUT2D eigenvalue weighted by Crippen LogP contribution is 2.09. The van der Waals surface area contributed by atoms with E-state index >= 15 is 0 Å². The van der Waals surface area contributed by atoms with Gasteiger partial charge in [-0.2, -0.15) is 0 Å². The lowest BCUT2D eigenvalue weighted by atomic mass is 10.1. The molecule has 0 amide bonds. The molecule has 0 aromatic heterocycles. The summed E-state index contributed by atoms with van der Waals surface area (Å²) >= 11 is 0. The maximum atomic E-state index is 9.09. The van der Waals surface area contributed by atoms with Gasteiger partial charge in [0, 0.05) is 0 Å². The molecule has 2 rings (SSSR count). The van der Waals surface area contributed by atoms with Gasteiger partial charge < -0.3 is 15.2 Å². The van der Waals surface area contributed by atoms with Crippen LogP contribution in [0.15, 0.2) is 24.3 Å². The smallest absolute Gasteiger partial charge is 0.115 e. The first-order valence-corrected chi connectivity index (χ1v) is 4.93. The second-order valence-corrected chi connectivity index (χ2v) is 3.60. The summed E-state index contributed by atoms with van der Waals surface area (Å²) in [6, 6.07) is 7.90. The van der Waals surface area contributed by atoms with E-state index in [1.54, 1.807) is 12.1 Å². The maximum Gasteiger partial charge on any atom is 0.115 e. The fourth-order valence-electron chi connectivity index (χ4n) is 1.44. The van der Waals surface area contributed by atoms with E-state index in [0.717, 1.165) is 26.2 Å². The van der Waals surface area contributed by atoms with Crippen molar-refractivity contribution in [3.05, 3.63) is 29.8 Å². The molecule has 1 saturated heterocycles. The SMILES string of the molecule is Oc1ccc(CCNC2COC2)cc1.